The lowest BCUT2D eigenvalue weighted by atomic mass is 9.79. The van der Waals surface area contributed by atoms with Gasteiger partial charge in [-0.05, 0) is 31.1 Å². The van der Waals surface area contributed by atoms with Gasteiger partial charge < -0.3 is 20.1 Å². The van der Waals surface area contributed by atoms with Crippen molar-refractivity contribution in [3.8, 4) is 0 Å². The van der Waals surface area contributed by atoms with Crippen molar-refractivity contribution in [3.63, 3.8) is 0 Å². The van der Waals surface area contributed by atoms with Crippen LogP contribution in [-0.2, 0) is 32.9 Å². The summed E-state index contributed by atoms with van der Waals surface area (Å²) in [6.07, 6.45) is 8.57. The zero-order valence-corrected chi connectivity index (χ0v) is 26.0. The molecule has 5 atom stereocenters. The predicted octanol–water partition coefficient (Wildman–Crippen LogP) is 5.41. The number of rotatable bonds is 16. The van der Waals surface area contributed by atoms with Crippen LogP contribution in [0.1, 0.15) is 84.5 Å². The average Bonchev–Trinajstić information content (AvgIpc) is 3.57. The third kappa shape index (κ3) is 10.6. The van der Waals surface area contributed by atoms with Crippen LogP contribution in [0.5, 0.6) is 0 Å². The van der Waals surface area contributed by atoms with Crippen molar-refractivity contribution in [2.75, 3.05) is 31.2 Å². The molecule has 1 amide bonds. The zero-order valence-electron chi connectivity index (χ0n) is 23.5. The minimum absolute atomic E-state index is 0.0356. The third-order valence-corrected chi connectivity index (χ3v) is 13.3. The number of nitrogens with two attached hydrogens (primary N) is 1. The summed E-state index contributed by atoms with van der Waals surface area (Å²) in [6.45, 7) is 4.69. The van der Waals surface area contributed by atoms with E-state index in [-0.39, 0.29) is 43.0 Å². The van der Waals surface area contributed by atoms with Crippen LogP contribution in [0.15, 0.2) is 0 Å². The van der Waals surface area contributed by atoms with E-state index in [1.165, 1.54) is 25.7 Å². The largest absolute Gasteiger partial charge is 0.444 e. The standard InChI is InChI=1S/C27H47N2O7PS2/c1-20(2)27(35-26(32)11-13-28)36-37(33,14-7-6-10-23-12-15-38-39-23)18-24(31)29-17-22(16-25(29)34-19-30)21-8-4-3-5-9-21/h19-23,25,27H,3-18,28H2,1-2H3. The van der Waals surface area contributed by atoms with E-state index in [1.54, 1.807) is 4.90 Å². The maximum Gasteiger partial charge on any atom is 0.309 e. The highest BCUT2D eigenvalue weighted by atomic mass is 33.1. The van der Waals surface area contributed by atoms with Crippen LogP contribution in [0.4, 0.5) is 0 Å². The molecule has 2 heterocycles. The summed E-state index contributed by atoms with van der Waals surface area (Å²) in [7, 11) is 0.285. The molecule has 3 rings (SSSR count). The molecule has 0 bridgehead atoms. The molecule has 5 unspecified atom stereocenters. The average molecular weight is 607 g/mol. The van der Waals surface area contributed by atoms with Crippen molar-refractivity contribution in [2.24, 2.45) is 23.5 Å². The minimum atomic E-state index is -3.53. The van der Waals surface area contributed by atoms with E-state index < -0.39 is 25.9 Å². The van der Waals surface area contributed by atoms with Crippen molar-refractivity contribution in [1.29, 1.82) is 0 Å². The second kappa shape index (κ2) is 16.6. The van der Waals surface area contributed by atoms with Crippen molar-refractivity contribution >= 4 is 47.3 Å². The fraction of sp³-hybridized carbons (Fsp3) is 0.889. The predicted molar refractivity (Wildman–Crippen MR) is 156 cm³/mol. The van der Waals surface area contributed by atoms with Gasteiger partial charge in [0.05, 0.1) is 6.42 Å². The third-order valence-electron chi connectivity index (χ3n) is 7.95. The van der Waals surface area contributed by atoms with E-state index in [4.69, 9.17) is 19.7 Å². The molecule has 0 spiro atoms. The molecule has 39 heavy (non-hydrogen) atoms. The van der Waals surface area contributed by atoms with Crippen molar-refractivity contribution in [1.82, 2.24) is 4.90 Å². The van der Waals surface area contributed by atoms with E-state index >= 15 is 0 Å². The highest BCUT2D eigenvalue weighted by Gasteiger charge is 2.43. The van der Waals surface area contributed by atoms with Gasteiger partial charge in [-0.2, -0.15) is 0 Å². The molecule has 2 saturated heterocycles. The summed E-state index contributed by atoms with van der Waals surface area (Å²) in [6, 6.07) is 0. The van der Waals surface area contributed by atoms with Crippen molar-refractivity contribution < 1.29 is 32.9 Å². The molecule has 1 aliphatic carbocycles. The molecule has 0 aromatic carbocycles. The summed E-state index contributed by atoms with van der Waals surface area (Å²) in [4.78, 5) is 38.7. The van der Waals surface area contributed by atoms with Gasteiger partial charge in [0.2, 0.25) is 19.6 Å². The number of likely N-dealkylation sites (tertiary alicyclic amines) is 1. The normalized spacial score (nSPS) is 26.4. The number of ether oxygens (including phenoxy) is 2. The van der Waals surface area contributed by atoms with Gasteiger partial charge in [-0.15, -0.1) is 0 Å². The second-order valence-electron chi connectivity index (χ2n) is 11.4. The van der Waals surface area contributed by atoms with Crippen molar-refractivity contribution in [3.05, 3.63) is 0 Å². The molecule has 12 heteroatoms. The maximum absolute atomic E-state index is 14.3. The van der Waals surface area contributed by atoms with Crippen LogP contribution >= 0.6 is 29.0 Å². The molecule has 3 aliphatic rings. The lowest BCUT2D eigenvalue weighted by Gasteiger charge is -2.30. The Labute approximate surface area is 241 Å². The number of unbranched alkanes of at least 4 members (excludes halogenated alkanes) is 1. The quantitative estimate of drug-likeness (QED) is 0.0609. The monoisotopic (exact) mass is 606 g/mol. The van der Waals surface area contributed by atoms with Gasteiger partial charge in [0.1, 0.15) is 6.16 Å². The molecule has 1 saturated carbocycles. The second-order valence-corrected chi connectivity index (χ2v) is 16.8. The molecule has 0 aromatic rings. The van der Waals surface area contributed by atoms with Crippen LogP contribution in [-0.4, -0.2) is 72.2 Å². The number of carbonyl (C=O) groups excluding carboxylic acids is 3. The Morgan fingerprint density at radius 3 is 2.54 bits per heavy atom. The Hall–Kier alpha value is -0.740. The molecule has 2 N–H and O–H groups in total. The molecular formula is C27H47N2O7PS2. The van der Waals surface area contributed by atoms with Gasteiger partial charge in [-0.25, -0.2) is 0 Å². The molecule has 9 nitrogen and oxygen atoms in total. The fourth-order valence-electron chi connectivity index (χ4n) is 5.76. The van der Waals surface area contributed by atoms with Gasteiger partial charge in [-0.3, -0.25) is 23.5 Å². The number of hydrogen-bond acceptors (Lipinski definition) is 10. The summed E-state index contributed by atoms with van der Waals surface area (Å²) >= 11 is 0. The molecule has 3 fully saturated rings. The van der Waals surface area contributed by atoms with Crippen LogP contribution in [0, 0.1) is 17.8 Å². The van der Waals surface area contributed by atoms with Gasteiger partial charge in [0.25, 0.3) is 6.47 Å². The molecule has 0 radical (unpaired) electrons. The zero-order chi connectivity index (χ0) is 28.3. The fourth-order valence-corrected chi connectivity index (χ4v) is 11.1. The van der Waals surface area contributed by atoms with Gasteiger partial charge >= 0.3 is 5.97 Å². The van der Waals surface area contributed by atoms with E-state index in [2.05, 4.69) is 0 Å². The number of esters is 1. The van der Waals surface area contributed by atoms with E-state index in [0.29, 0.717) is 37.0 Å². The maximum atomic E-state index is 14.3. The smallest absolute Gasteiger partial charge is 0.309 e. The van der Waals surface area contributed by atoms with Gasteiger partial charge in [0.15, 0.2) is 6.23 Å². The highest BCUT2D eigenvalue weighted by molar-refractivity contribution is 8.77. The topological polar surface area (TPSA) is 125 Å². The summed E-state index contributed by atoms with van der Waals surface area (Å²) in [5, 5.41) is 0.611. The van der Waals surface area contributed by atoms with Crippen LogP contribution in [0.25, 0.3) is 0 Å². The first-order valence-electron chi connectivity index (χ1n) is 14.6. The minimum Gasteiger partial charge on any atom is -0.444 e. The molecular weight excluding hydrogens is 559 g/mol. The van der Waals surface area contributed by atoms with Crippen LogP contribution < -0.4 is 5.73 Å². The Kier molecular flexibility index (Phi) is 14.0. The van der Waals surface area contributed by atoms with E-state index in [0.717, 1.165) is 31.4 Å². The molecule has 2 aliphatic heterocycles. The van der Waals surface area contributed by atoms with Gasteiger partial charge in [-0.1, -0.05) is 74.0 Å². The Balaban J connectivity index is 1.69. The summed E-state index contributed by atoms with van der Waals surface area (Å²) < 4.78 is 31.2. The van der Waals surface area contributed by atoms with E-state index in [1.807, 2.05) is 35.4 Å². The first kappa shape index (κ1) is 32.8. The van der Waals surface area contributed by atoms with Crippen LogP contribution in [0.3, 0.4) is 0 Å². The van der Waals surface area contributed by atoms with Gasteiger partial charge in [0, 0.05) is 42.6 Å². The SMILES string of the molecule is CC(C)C(OC(=O)CCN)OP(=O)(CCCCC1CCSS1)CC(=O)N1CC(C2CCCCC2)CC1OC=O. The number of nitrogens with zero attached hydrogens (tertiary/aromatic N) is 1. The first-order chi connectivity index (χ1) is 18.7. The Morgan fingerprint density at radius 2 is 1.90 bits per heavy atom. The molecule has 224 valence electrons. The number of amides is 1. The lowest BCUT2D eigenvalue weighted by molar-refractivity contribution is -0.169. The van der Waals surface area contributed by atoms with Crippen molar-refractivity contribution in [2.45, 2.75) is 102 Å². The first-order valence-corrected chi connectivity index (χ1v) is 18.9. The van der Waals surface area contributed by atoms with E-state index in [9.17, 15) is 18.9 Å². The summed E-state index contributed by atoms with van der Waals surface area (Å²) in [5.41, 5.74) is 5.49. The highest BCUT2D eigenvalue weighted by Crippen LogP contribution is 2.51. The van der Waals surface area contributed by atoms with Crippen LogP contribution in [0.2, 0.25) is 0 Å². The Morgan fingerprint density at radius 1 is 1.13 bits per heavy atom. The molecule has 0 aromatic heterocycles. The number of hydrogen-bond donors (Lipinski definition) is 1. The summed E-state index contributed by atoms with van der Waals surface area (Å²) in [5.74, 6) is 0.840. The number of carbonyl (C=O) groups is 3. The Bertz CT molecular complexity index is 837. The lowest BCUT2D eigenvalue weighted by Crippen LogP contribution is -2.40.